The molecule has 0 aliphatic heterocycles. The number of benzene rings is 1. The van der Waals surface area contributed by atoms with Gasteiger partial charge in [-0.3, -0.25) is 5.32 Å². The van der Waals surface area contributed by atoms with Crippen LogP contribution in [0.15, 0.2) is 18.2 Å². The van der Waals surface area contributed by atoms with Crippen LogP contribution in [0.2, 0.25) is 0 Å². The van der Waals surface area contributed by atoms with Crippen LogP contribution in [-0.4, -0.2) is 30.5 Å². The summed E-state index contributed by atoms with van der Waals surface area (Å²) in [4.78, 5) is 11.7. The van der Waals surface area contributed by atoms with Gasteiger partial charge in [0.05, 0.1) is 13.2 Å². The third kappa shape index (κ3) is 5.61. The summed E-state index contributed by atoms with van der Waals surface area (Å²) in [6.07, 6.45) is -0.796. The summed E-state index contributed by atoms with van der Waals surface area (Å²) >= 11 is 0. The molecule has 0 bridgehead atoms. The Bertz CT molecular complexity index is 483. The molecule has 1 atom stereocenters. The Kier molecular flexibility index (Phi) is 5.99. The smallest absolute Gasteiger partial charge is 0.412 e. The molecular weight excluding hydrogens is 272 g/mol. The summed E-state index contributed by atoms with van der Waals surface area (Å²) in [5.74, 6) is 0.490. The first-order chi connectivity index (χ1) is 9.76. The van der Waals surface area contributed by atoms with Crippen LogP contribution >= 0.6 is 0 Å². The van der Waals surface area contributed by atoms with E-state index in [1.165, 1.54) is 7.11 Å². The minimum atomic E-state index is -0.694. The van der Waals surface area contributed by atoms with E-state index in [9.17, 15) is 9.90 Å². The van der Waals surface area contributed by atoms with Gasteiger partial charge in [0.2, 0.25) is 0 Å². The first-order valence-corrected chi connectivity index (χ1v) is 6.83. The van der Waals surface area contributed by atoms with E-state index < -0.39 is 17.8 Å². The summed E-state index contributed by atoms with van der Waals surface area (Å²) in [6, 6.07) is 5.02. The SMILES string of the molecule is COc1cc(NC(=O)OC(C)(C)C)ccc1[C@@H](O)CCN. The number of methoxy groups -OCH3 is 1. The maximum Gasteiger partial charge on any atom is 0.412 e. The van der Waals surface area contributed by atoms with Gasteiger partial charge in [-0.1, -0.05) is 6.07 Å². The zero-order valence-corrected chi connectivity index (χ0v) is 13.0. The standard InChI is InChI=1S/C15H24N2O4/c1-15(2,3)21-14(19)17-10-5-6-11(12(18)7-8-16)13(9-10)20-4/h5-6,9,12,18H,7-8,16H2,1-4H3,(H,17,19)/t12-/m0/s1. The lowest BCUT2D eigenvalue weighted by Gasteiger charge is -2.20. The van der Waals surface area contributed by atoms with Crippen molar-refractivity contribution in [1.29, 1.82) is 0 Å². The lowest BCUT2D eigenvalue weighted by Crippen LogP contribution is -2.27. The predicted molar refractivity (Wildman–Crippen MR) is 81.5 cm³/mol. The van der Waals surface area contributed by atoms with Crippen molar-refractivity contribution >= 4 is 11.8 Å². The minimum Gasteiger partial charge on any atom is -0.496 e. The van der Waals surface area contributed by atoms with Gasteiger partial charge in [-0.05, 0) is 39.8 Å². The number of ether oxygens (including phenoxy) is 2. The molecule has 0 aliphatic carbocycles. The number of rotatable bonds is 5. The molecule has 1 rings (SSSR count). The number of anilines is 1. The minimum absolute atomic E-state index is 0.377. The van der Waals surface area contributed by atoms with Gasteiger partial charge < -0.3 is 20.3 Å². The highest BCUT2D eigenvalue weighted by Crippen LogP contribution is 2.30. The second-order valence-corrected chi connectivity index (χ2v) is 5.68. The molecule has 0 radical (unpaired) electrons. The van der Waals surface area contributed by atoms with Crippen LogP contribution in [0.3, 0.4) is 0 Å². The number of carbonyl (C=O) groups is 1. The molecule has 0 spiro atoms. The topological polar surface area (TPSA) is 93.8 Å². The molecule has 1 aromatic carbocycles. The number of amides is 1. The number of nitrogens with two attached hydrogens (primary N) is 1. The van der Waals surface area contributed by atoms with Gasteiger partial charge in [0.1, 0.15) is 11.4 Å². The molecule has 0 aromatic heterocycles. The fourth-order valence-electron chi connectivity index (χ4n) is 1.80. The molecule has 0 heterocycles. The Labute approximate surface area is 125 Å². The molecule has 0 fully saturated rings. The maximum absolute atomic E-state index is 11.7. The van der Waals surface area contributed by atoms with Gasteiger partial charge in [0.15, 0.2) is 0 Å². The van der Waals surface area contributed by atoms with Gasteiger partial charge in [-0.15, -0.1) is 0 Å². The molecule has 21 heavy (non-hydrogen) atoms. The number of carbonyl (C=O) groups excluding carboxylic acids is 1. The Hall–Kier alpha value is -1.79. The van der Waals surface area contributed by atoms with E-state index in [0.717, 1.165) is 0 Å². The Morgan fingerprint density at radius 1 is 1.43 bits per heavy atom. The first-order valence-electron chi connectivity index (χ1n) is 6.83. The van der Waals surface area contributed by atoms with E-state index in [1.807, 2.05) is 0 Å². The van der Waals surface area contributed by atoms with Gasteiger partial charge in [-0.2, -0.15) is 0 Å². The number of aliphatic hydroxyl groups is 1. The van der Waals surface area contributed by atoms with Crippen molar-refractivity contribution in [2.45, 2.75) is 38.9 Å². The van der Waals surface area contributed by atoms with Crippen LogP contribution in [0, 0.1) is 0 Å². The maximum atomic E-state index is 11.7. The summed E-state index contributed by atoms with van der Waals surface area (Å²) in [6.45, 7) is 5.75. The highest BCUT2D eigenvalue weighted by molar-refractivity contribution is 5.85. The van der Waals surface area contributed by atoms with E-state index in [0.29, 0.717) is 30.0 Å². The van der Waals surface area contributed by atoms with E-state index in [4.69, 9.17) is 15.2 Å². The predicted octanol–water partition coefficient (Wildman–Crippen LogP) is 2.42. The van der Waals surface area contributed by atoms with Crippen molar-refractivity contribution in [3.8, 4) is 5.75 Å². The highest BCUT2D eigenvalue weighted by atomic mass is 16.6. The Morgan fingerprint density at radius 3 is 2.62 bits per heavy atom. The summed E-state index contributed by atoms with van der Waals surface area (Å²) < 4.78 is 10.4. The normalized spacial score (nSPS) is 12.7. The third-order valence-electron chi connectivity index (χ3n) is 2.68. The van der Waals surface area contributed by atoms with Gasteiger partial charge in [0.25, 0.3) is 0 Å². The molecule has 0 unspecified atom stereocenters. The third-order valence-corrected chi connectivity index (χ3v) is 2.68. The zero-order chi connectivity index (χ0) is 16.0. The summed E-state index contributed by atoms with van der Waals surface area (Å²) in [7, 11) is 1.51. The fraction of sp³-hybridized carbons (Fsp3) is 0.533. The zero-order valence-electron chi connectivity index (χ0n) is 13.0. The van der Waals surface area contributed by atoms with Crippen molar-refractivity contribution < 1.29 is 19.4 Å². The Balaban J connectivity index is 2.85. The molecule has 6 heteroatoms. The van der Waals surface area contributed by atoms with Crippen LogP contribution in [0.1, 0.15) is 38.9 Å². The molecule has 4 N–H and O–H groups in total. The van der Waals surface area contributed by atoms with Crippen molar-refractivity contribution in [3.63, 3.8) is 0 Å². The number of hydrogen-bond acceptors (Lipinski definition) is 5. The first kappa shape index (κ1) is 17.3. The van der Waals surface area contributed by atoms with Crippen molar-refractivity contribution in [3.05, 3.63) is 23.8 Å². The second-order valence-electron chi connectivity index (χ2n) is 5.68. The molecular formula is C15H24N2O4. The monoisotopic (exact) mass is 296 g/mol. The molecule has 0 saturated carbocycles. The largest absolute Gasteiger partial charge is 0.496 e. The number of aliphatic hydroxyl groups excluding tert-OH is 1. The van der Waals surface area contributed by atoms with Gasteiger partial charge in [0, 0.05) is 17.3 Å². The summed E-state index contributed by atoms with van der Waals surface area (Å²) in [5, 5.41) is 12.6. The van der Waals surface area contributed by atoms with Crippen molar-refractivity contribution in [2.75, 3.05) is 19.0 Å². The van der Waals surface area contributed by atoms with Gasteiger partial charge >= 0.3 is 6.09 Å². The van der Waals surface area contributed by atoms with Crippen LogP contribution in [0.5, 0.6) is 5.75 Å². The van der Waals surface area contributed by atoms with E-state index in [1.54, 1.807) is 39.0 Å². The Morgan fingerprint density at radius 2 is 2.10 bits per heavy atom. The number of nitrogens with one attached hydrogen (secondary N) is 1. The quantitative estimate of drug-likeness (QED) is 0.776. The molecule has 0 aliphatic rings. The molecule has 118 valence electrons. The van der Waals surface area contributed by atoms with Crippen molar-refractivity contribution in [1.82, 2.24) is 0 Å². The second kappa shape index (κ2) is 7.28. The van der Waals surface area contributed by atoms with Gasteiger partial charge in [-0.25, -0.2) is 4.79 Å². The van der Waals surface area contributed by atoms with E-state index in [-0.39, 0.29) is 0 Å². The molecule has 6 nitrogen and oxygen atoms in total. The van der Waals surface area contributed by atoms with Crippen LogP contribution in [-0.2, 0) is 4.74 Å². The summed E-state index contributed by atoms with van der Waals surface area (Å²) in [5.41, 5.74) is 6.04. The molecule has 1 amide bonds. The fourth-order valence-corrected chi connectivity index (χ4v) is 1.80. The average molecular weight is 296 g/mol. The van der Waals surface area contributed by atoms with Crippen molar-refractivity contribution in [2.24, 2.45) is 5.73 Å². The van der Waals surface area contributed by atoms with E-state index >= 15 is 0 Å². The average Bonchev–Trinajstić information content (AvgIpc) is 2.36. The van der Waals surface area contributed by atoms with Crippen LogP contribution in [0.4, 0.5) is 10.5 Å². The lowest BCUT2D eigenvalue weighted by atomic mass is 10.0. The molecule has 0 saturated heterocycles. The van der Waals surface area contributed by atoms with Crippen LogP contribution in [0.25, 0.3) is 0 Å². The van der Waals surface area contributed by atoms with Crippen LogP contribution < -0.4 is 15.8 Å². The molecule has 1 aromatic rings. The lowest BCUT2D eigenvalue weighted by molar-refractivity contribution is 0.0636. The highest BCUT2D eigenvalue weighted by Gasteiger charge is 2.18. The van der Waals surface area contributed by atoms with E-state index in [2.05, 4.69) is 5.32 Å². The number of hydrogen-bond donors (Lipinski definition) is 3.